The third kappa shape index (κ3) is 6.03. The zero-order chi connectivity index (χ0) is 12.7. The predicted octanol–water partition coefficient (Wildman–Crippen LogP) is 1.95. The summed E-state index contributed by atoms with van der Waals surface area (Å²) in [5.74, 6) is 0.278. The molecule has 2 unspecified atom stereocenters. The molecule has 0 spiro atoms. The summed E-state index contributed by atoms with van der Waals surface area (Å²) in [6, 6.07) is 0.225. The minimum absolute atomic E-state index is 0. The molecule has 1 fully saturated rings. The van der Waals surface area contributed by atoms with Gasteiger partial charge in [-0.1, -0.05) is 12.8 Å². The Kier molecular flexibility index (Phi) is 9.42. The molecule has 2 N–H and O–H groups in total. The maximum Gasteiger partial charge on any atom is 0.222 e. The molecule has 1 aliphatic heterocycles. The van der Waals surface area contributed by atoms with Gasteiger partial charge in [0.15, 0.2) is 0 Å². The maximum atomic E-state index is 12.0. The van der Waals surface area contributed by atoms with Crippen LogP contribution in [0.15, 0.2) is 0 Å². The average molecular weight is 279 g/mol. The molecule has 1 heterocycles. The molecule has 1 amide bonds. The van der Waals surface area contributed by atoms with Crippen molar-refractivity contribution in [2.45, 2.75) is 58.1 Å². The number of rotatable bonds is 6. The van der Waals surface area contributed by atoms with Gasteiger partial charge in [0, 0.05) is 13.0 Å². The Bertz CT molecular complexity index is 239. The van der Waals surface area contributed by atoms with Crippen LogP contribution in [0, 0.1) is 0 Å². The van der Waals surface area contributed by atoms with Crippen molar-refractivity contribution >= 4 is 18.3 Å². The first-order valence-corrected chi connectivity index (χ1v) is 6.76. The number of carbonyl (C=O) groups excluding carboxylic acids is 1. The van der Waals surface area contributed by atoms with Crippen LogP contribution in [-0.2, 0) is 9.53 Å². The molecule has 108 valence electrons. The van der Waals surface area contributed by atoms with E-state index in [1.54, 1.807) is 0 Å². The van der Waals surface area contributed by atoms with Gasteiger partial charge in [0.25, 0.3) is 0 Å². The van der Waals surface area contributed by atoms with Crippen molar-refractivity contribution in [2.24, 2.45) is 5.73 Å². The Labute approximate surface area is 117 Å². The Balaban J connectivity index is 0.00000289. The Morgan fingerprint density at radius 2 is 1.94 bits per heavy atom. The number of nitrogens with zero attached hydrogens (tertiary/aromatic N) is 1. The number of amides is 1. The van der Waals surface area contributed by atoms with Gasteiger partial charge in [-0.3, -0.25) is 4.79 Å². The maximum absolute atomic E-state index is 12.0. The molecule has 1 rings (SSSR count). The second-order valence-corrected chi connectivity index (χ2v) is 4.99. The van der Waals surface area contributed by atoms with Gasteiger partial charge in [0.1, 0.15) is 0 Å². The van der Waals surface area contributed by atoms with E-state index in [0.29, 0.717) is 13.0 Å². The fourth-order valence-corrected chi connectivity index (χ4v) is 2.17. The van der Waals surface area contributed by atoms with E-state index in [-0.39, 0.29) is 30.5 Å². The summed E-state index contributed by atoms with van der Waals surface area (Å²) in [7, 11) is 0. The van der Waals surface area contributed by atoms with E-state index in [1.807, 2.05) is 11.8 Å². The largest absolute Gasteiger partial charge is 0.375 e. The number of hydrogen-bond donors (Lipinski definition) is 1. The molecular formula is C13H27ClN2O2. The van der Waals surface area contributed by atoms with Crippen LogP contribution in [0.4, 0.5) is 0 Å². The molecule has 0 aromatic carbocycles. The average Bonchev–Trinajstić information content (AvgIpc) is 2.32. The smallest absolute Gasteiger partial charge is 0.222 e. The Morgan fingerprint density at radius 1 is 1.28 bits per heavy atom. The lowest BCUT2D eigenvalue weighted by Gasteiger charge is -2.36. The molecule has 0 aliphatic carbocycles. The highest BCUT2D eigenvalue weighted by Gasteiger charge is 2.26. The van der Waals surface area contributed by atoms with Crippen molar-refractivity contribution in [3.05, 3.63) is 0 Å². The molecule has 0 saturated carbocycles. The highest BCUT2D eigenvalue weighted by Crippen LogP contribution is 2.14. The highest BCUT2D eigenvalue weighted by atomic mass is 35.5. The Morgan fingerprint density at radius 3 is 2.61 bits per heavy atom. The SMILES string of the molecule is CC1CN(C(=O)CCCCCCN)C(C)CO1.Cl. The first-order valence-electron chi connectivity index (χ1n) is 6.76. The molecule has 1 aliphatic rings. The number of unbranched alkanes of at least 4 members (excludes halogenated alkanes) is 3. The fourth-order valence-electron chi connectivity index (χ4n) is 2.17. The van der Waals surface area contributed by atoms with Crippen LogP contribution in [0.3, 0.4) is 0 Å². The summed E-state index contributed by atoms with van der Waals surface area (Å²) in [4.78, 5) is 14.0. The van der Waals surface area contributed by atoms with Gasteiger partial charge in [0.2, 0.25) is 5.91 Å². The summed E-state index contributed by atoms with van der Waals surface area (Å²) in [6.07, 6.45) is 5.14. The van der Waals surface area contributed by atoms with E-state index >= 15 is 0 Å². The van der Waals surface area contributed by atoms with E-state index in [2.05, 4.69) is 6.92 Å². The van der Waals surface area contributed by atoms with E-state index in [4.69, 9.17) is 10.5 Å². The van der Waals surface area contributed by atoms with Crippen molar-refractivity contribution in [3.63, 3.8) is 0 Å². The minimum Gasteiger partial charge on any atom is -0.375 e. The quantitative estimate of drug-likeness (QED) is 0.756. The molecule has 4 nitrogen and oxygen atoms in total. The molecule has 18 heavy (non-hydrogen) atoms. The van der Waals surface area contributed by atoms with Gasteiger partial charge in [-0.25, -0.2) is 0 Å². The second-order valence-electron chi connectivity index (χ2n) is 4.99. The molecule has 0 aromatic heterocycles. The van der Waals surface area contributed by atoms with Crippen molar-refractivity contribution in [3.8, 4) is 0 Å². The van der Waals surface area contributed by atoms with Crippen LogP contribution in [0.5, 0.6) is 0 Å². The monoisotopic (exact) mass is 278 g/mol. The van der Waals surface area contributed by atoms with Gasteiger partial charge in [-0.05, 0) is 33.2 Å². The van der Waals surface area contributed by atoms with Gasteiger partial charge >= 0.3 is 0 Å². The van der Waals surface area contributed by atoms with E-state index in [1.165, 1.54) is 0 Å². The minimum atomic E-state index is 0. The number of halogens is 1. The second kappa shape index (κ2) is 9.59. The lowest BCUT2D eigenvalue weighted by molar-refractivity contribution is -0.143. The van der Waals surface area contributed by atoms with Gasteiger partial charge in [-0.15, -0.1) is 12.4 Å². The van der Waals surface area contributed by atoms with Crippen LogP contribution in [0.2, 0.25) is 0 Å². The summed E-state index contributed by atoms with van der Waals surface area (Å²) in [5.41, 5.74) is 5.43. The van der Waals surface area contributed by atoms with Crippen molar-refractivity contribution in [1.29, 1.82) is 0 Å². The van der Waals surface area contributed by atoms with Crippen LogP contribution in [-0.4, -0.2) is 42.6 Å². The lowest BCUT2D eigenvalue weighted by atomic mass is 10.1. The topological polar surface area (TPSA) is 55.6 Å². The van der Waals surface area contributed by atoms with Gasteiger partial charge in [0.05, 0.1) is 18.8 Å². The number of hydrogen-bond acceptors (Lipinski definition) is 3. The fraction of sp³-hybridized carbons (Fsp3) is 0.923. The normalized spacial score (nSPS) is 23.6. The third-order valence-corrected chi connectivity index (χ3v) is 3.27. The first kappa shape index (κ1) is 17.7. The standard InChI is InChI=1S/C13H26N2O2.ClH/c1-11-10-17-12(2)9-15(11)13(16)7-5-3-4-6-8-14;/h11-12H,3-10,14H2,1-2H3;1H. The van der Waals surface area contributed by atoms with Crippen LogP contribution >= 0.6 is 12.4 Å². The zero-order valence-corrected chi connectivity index (χ0v) is 12.4. The van der Waals surface area contributed by atoms with E-state index in [9.17, 15) is 4.79 Å². The summed E-state index contributed by atoms with van der Waals surface area (Å²) < 4.78 is 5.52. The molecule has 0 bridgehead atoms. The van der Waals surface area contributed by atoms with E-state index in [0.717, 1.165) is 38.8 Å². The predicted molar refractivity (Wildman–Crippen MR) is 76.0 cm³/mol. The summed E-state index contributed by atoms with van der Waals surface area (Å²) >= 11 is 0. The molecule has 0 radical (unpaired) electrons. The van der Waals surface area contributed by atoms with Crippen LogP contribution < -0.4 is 5.73 Å². The molecule has 1 saturated heterocycles. The van der Waals surface area contributed by atoms with Crippen molar-refractivity contribution in [2.75, 3.05) is 19.7 Å². The number of ether oxygens (including phenoxy) is 1. The summed E-state index contributed by atoms with van der Waals surface area (Å²) in [5, 5.41) is 0. The van der Waals surface area contributed by atoms with Crippen molar-refractivity contribution < 1.29 is 9.53 Å². The van der Waals surface area contributed by atoms with Gasteiger partial charge in [-0.2, -0.15) is 0 Å². The number of carbonyl (C=O) groups is 1. The van der Waals surface area contributed by atoms with Crippen LogP contribution in [0.25, 0.3) is 0 Å². The molecular weight excluding hydrogens is 252 g/mol. The molecule has 5 heteroatoms. The highest BCUT2D eigenvalue weighted by molar-refractivity contribution is 5.85. The van der Waals surface area contributed by atoms with Crippen molar-refractivity contribution in [1.82, 2.24) is 4.90 Å². The van der Waals surface area contributed by atoms with Crippen LogP contribution in [0.1, 0.15) is 46.0 Å². The first-order chi connectivity index (χ1) is 8.15. The number of morpholine rings is 1. The third-order valence-electron chi connectivity index (χ3n) is 3.27. The number of nitrogens with two attached hydrogens (primary N) is 1. The molecule has 2 atom stereocenters. The summed E-state index contributed by atoms with van der Waals surface area (Å²) in [6.45, 7) is 6.24. The zero-order valence-electron chi connectivity index (χ0n) is 11.6. The molecule has 0 aromatic rings. The van der Waals surface area contributed by atoms with Gasteiger partial charge < -0.3 is 15.4 Å². The van der Waals surface area contributed by atoms with E-state index < -0.39 is 0 Å². The Hall–Kier alpha value is -0.320. The lowest BCUT2D eigenvalue weighted by Crippen LogP contribution is -2.50.